The van der Waals surface area contributed by atoms with Gasteiger partial charge in [0.2, 0.25) is 11.8 Å². The highest BCUT2D eigenvalue weighted by atomic mass is 16.2. The monoisotopic (exact) mass is 339 g/mol. The standard InChI is InChI=1S/C20H25N3O2/c1-15-6-5-12-22(14-15)19(25)10-13-23(16(2)24)18-9-3-7-17-8-4-11-21-20(17)18/h3-4,7-9,11,15H,5-6,10,12-14H2,1-2H3. The number of amides is 2. The molecule has 0 N–H and O–H groups in total. The van der Waals surface area contributed by atoms with Crippen LogP contribution in [-0.4, -0.2) is 41.3 Å². The first-order chi connectivity index (χ1) is 12.1. The second kappa shape index (κ2) is 7.64. The summed E-state index contributed by atoms with van der Waals surface area (Å²) in [5.74, 6) is 0.618. The van der Waals surface area contributed by atoms with Crippen LogP contribution in [0.4, 0.5) is 5.69 Å². The minimum absolute atomic E-state index is 0.0713. The SMILES string of the molecule is CC(=O)N(CCC(=O)N1CCCC(C)C1)c1cccc2cccnc12. The highest BCUT2D eigenvalue weighted by Crippen LogP contribution is 2.25. The number of aromatic nitrogens is 1. The minimum atomic E-state index is -0.0713. The van der Waals surface area contributed by atoms with Gasteiger partial charge in [0, 0.05) is 44.6 Å². The molecule has 132 valence electrons. The quantitative estimate of drug-likeness (QED) is 0.859. The molecule has 5 nitrogen and oxygen atoms in total. The van der Waals surface area contributed by atoms with Gasteiger partial charge >= 0.3 is 0 Å². The number of hydrogen-bond donors (Lipinski definition) is 0. The molecule has 25 heavy (non-hydrogen) atoms. The summed E-state index contributed by atoms with van der Waals surface area (Å²) in [6, 6.07) is 9.65. The molecule has 1 unspecified atom stereocenters. The number of anilines is 1. The number of piperidine rings is 1. The predicted molar refractivity (Wildman–Crippen MR) is 99.4 cm³/mol. The first kappa shape index (κ1) is 17.4. The van der Waals surface area contributed by atoms with Crippen molar-refractivity contribution >= 4 is 28.4 Å². The van der Waals surface area contributed by atoms with Gasteiger partial charge in [0.25, 0.3) is 0 Å². The fourth-order valence-corrected chi connectivity index (χ4v) is 3.53. The Morgan fingerprint density at radius 1 is 1.28 bits per heavy atom. The summed E-state index contributed by atoms with van der Waals surface area (Å²) in [5, 5.41) is 0.988. The number of nitrogens with zero attached hydrogens (tertiary/aromatic N) is 3. The molecule has 1 aromatic carbocycles. The average molecular weight is 339 g/mol. The van der Waals surface area contributed by atoms with Gasteiger partial charge in [-0.15, -0.1) is 0 Å². The molecule has 0 saturated carbocycles. The molecule has 1 aromatic heterocycles. The first-order valence-corrected chi connectivity index (χ1v) is 8.96. The van der Waals surface area contributed by atoms with Crippen LogP contribution in [0.3, 0.4) is 0 Å². The third-order valence-electron chi connectivity index (χ3n) is 4.84. The maximum atomic E-state index is 12.5. The van der Waals surface area contributed by atoms with Crippen molar-refractivity contribution in [3.05, 3.63) is 36.5 Å². The van der Waals surface area contributed by atoms with Gasteiger partial charge in [0.05, 0.1) is 11.2 Å². The van der Waals surface area contributed by atoms with Gasteiger partial charge in [0.1, 0.15) is 0 Å². The van der Waals surface area contributed by atoms with E-state index in [0.717, 1.165) is 36.1 Å². The number of carbonyl (C=O) groups excluding carboxylic acids is 2. The lowest BCUT2D eigenvalue weighted by Crippen LogP contribution is -2.41. The zero-order chi connectivity index (χ0) is 17.8. The zero-order valence-electron chi connectivity index (χ0n) is 14.9. The first-order valence-electron chi connectivity index (χ1n) is 8.96. The lowest BCUT2D eigenvalue weighted by molar-refractivity contribution is -0.132. The summed E-state index contributed by atoms with van der Waals surface area (Å²) < 4.78 is 0. The molecule has 1 aliphatic rings. The molecular formula is C20H25N3O2. The van der Waals surface area contributed by atoms with Crippen molar-refractivity contribution < 1.29 is 9.59 Å². The molecule has 1 fully saturated rings. The second-order valence-corrected chi connectivity index (χ2v) is 6.86. The van der Waals surface area contributed by atoms with E-state index in [1.807, 2.05) is 35.2 Å². The normalized spacial score (nSPS) is 17.5. The van der Waals surface area contributed by atoms with Crippen LogP contribution in [0, 0.1) is 5.92 Å². The molecular weight excluding hydrogens is 314 g/mol. The zero-order valence-corrected chi connectivity index (χ0v) is 14.9. The van der Waals surface area contributed by atoms with Crippen molar-refractivity contribution in [1.82, 2.24) is 9.88 Å². The van der Waals surface area contributed by atoms with Crippen molar-refractivity contribution in [2.24, 2.45) is 5.92 Å². The number of para-hydroxylation sites is 1. The van der Waals surface area contributed by atoms with E-state index in [1.165, 1.54) is 13.3 Å². The largest absolute Gasteiger partial charge is 0.342 e. The molecule has 3 rings (SSSR count). The van der Waals surface area contributed by atoms with Crippen molar-refractivity contribution in [3.63, 3.8) is 0 Å². The van der Waals surface area contributed by atoms with E-state index in [9.17, 15) is 9.59 Å². The number of hydrogen-bond acceptors (Lipinski definition) is 3. The van der Waals surface area contributed by atoms with Crippen LogP contribution in [-0.2, 0) is 9.59 Å². The molecule has 1 aliphatic heterocycles. The smallest absolute Gasteiger partial charge is 0.224 e. The van der Waals surface area contributed by atoms with Crippen LogP contribution in [0.5, 0.6) is 0 Å². The van der Waals surface area contributed by atoms with Crippen LogP contribution in [0.1, 0.15) is 33.1 Å². The Morgan fingerprint density at radius 3 is 2.84 bits per heavy atom. The molecule has 2 heterocycles. The average Bonchev–Trinajstić information content (AvgIpc) is 2.61. The second-order valence-electron chi connectivity index (χ2n) is 6.86. The highest BCUT2D eigenvalue weighted by Gasteiger charge is 2.22. The van der Waals surface area contributed by atoms with E-state index < -0.39 is 0 Å². The van der Waals surface area contributed by atoms with E-state index in [1.54, 1.807) is 11.1 Å². The van der Waals surface area contributed by atoms with Crippen LogP contribution in [0.2, 0.25) is 0 Å². The van der Waals surface area contributed by atoms with Crippen molar-refractivity contribution in [3.8, 4) is 0 Å². The summed E-state index contributed by atoms with van der Waals surface area (Å²) >= 11 is 0. The van der Waals surface area contributed by atoms with Gasteiger partial charge in [-0.05, 0) is 30.9 Å². The van der Waals surface area contributed by atoms with E-state index in [0.29, 0.717) is 18.9 Å². The van der Waals surface area contributed by atoms with E-state index in [4.69, 9.17) is 0 Å². The van der Waals surface area contributed by atoms with Crippen LogP contribution >= 0.6 is 0 Å². The van der Waals surface area contributed by atoms with Crippen molar-refractivity contribution in [1.29, 1.82) is 0 Å². The van der Waals surface area contributed by atoms with Crippen molar-refractivity contribution in [2.45, 2.75) is 33.1 Å². The molecule has 5 heteroatoms. The minimum Gasteiger partial charge on any atom is -0.342 e. The predicted octanol–water partition coefficient (Wildman–Crippen LogP) is 3.24. The number of carbonyl (C=O) groups is 2. The Labute approximate surface area is 148 Å². The van der Waals surface area contributed by atoms with Gasteiger partial charge in [0.15, 0.2) is 0 Å². The van der Waals surface area contributed by atoms with Crippen LogP contribution in [0.25, 0.3) is 10.9 Å². The molecule has 0 aliphatic carbocycles. The number of benzene rings is 1. The number of pyridine rings is 1. The lowest BCUT2D eigenvalue weighted by Gasteiger charge is -2.31. The maximum absolute atomic E-state index is 12.5. The Morgan fingerprint density at radius 2 is 2.08 bits per heavy atom. The summed E-state index contributed by atoms with van der Waals surface area (Å²) in [6.07, 6.45) is 4.32. The number of likely N-dealkylation sites (tertiary alicyclic amines) is 1. The molecule has 2 amide bonds. The topological polar surface area (TPSA) is 53.5 Å². The van der Waals surface area contributed by atoms with Gasteiger partial charge < -0.3 is 9.80 Å². The Hall–Kier alpha value is -2.43. The lowest BCUT2D eigenvalue weighted by atomic mass is 10.00. The van der Waals surface area contributed by atoms with Crippen LogP contribution in [0.15, 0.2) is 36.5 Å². The van der Waals surface area contributed by atoms with Crippen molar-refractivity contribution in [2.75, 3.05) is 24.5 Å². The Bertz CT molecular complexity index is 769. The number of rotatable bonds is 4. The van der Waals surface area contributed by atoms with Gasteiger partial charge in [-0.25, -0.2) is 0 Å². The number of fused-ring (bicyclic) bond motifs is 1. The molecule has 0 radical (unpaired) electrons. The third kappa shape index (κ3) is 3.98. The van der Waals surface area contributed by atoms with E-state index >= 15 is 0 Å². The fraction of sp³-hybridized carbons (Fsp3) is 0.450. The van der Waals surface area contributed by atoms with E-state index in [2.05, 4.69) is 11.9 Å². The van der Waals surface area contributed by atoms with Gasteiger partial charge in [-0.3, -0.25) is 14.6 Å². The fourth-order valence-electron chi connectivity index (χ4n) is 3.53. The summed E-state index contributed by atoms with van der Waals surface area (Å²) in [5.41, 5.74) is 1.56. The Balaban J connectivity index is 1.75. The Kier molecular flexibility index (Phi) is 5.31. The van der Waals surface area contributed by atoms with E-state index in [-0.39, 0.29) is 11.8 Å². The summed E-state index contributed by atoms with van der Waals surface area (Å²) in [6.45, 7) is 5.76. The maximum Gasteiger partial charge on any atom is 0.224 e. The molecule has 1 atom stereocenters. The molecule has 1 saturated heterocycles. The van der Waals surface area contributed by atoms with Gasteiger partial charge in [-0.1, -0.05) is 25.1 Å². The molecule has 0 spiro atoms. The van der Waals surface area contributed by atoms with Crippen LogP contribution < -0.4 is 4.90 Å². The molecule has 2 aromatic rings. The van der Waals surface area contributed by atoms with Gasteiger partial charge in [-0.2, -0.15) is 0 Å². The summed E-state index contributed by atoms with van der Waals surface area (Å²) in [4.78, 5) is 32.8. The molecule has 0 bridgehead atoms. The summed E-state index contributed by atoms with van der Waals surface area (Å²) in [7, 11) is 0. The third-order valence-corrected chi connectivity index (χ3v) is 4.84. The highest BCUT2D eigenvalue weighted by molar-refractivity contribution is 6.01.